The van der Waals surface area contributed by atoms with Crippen molar-refractivity contribution in [1.29, 1.82) is 0 Å². The van der Waals surface area contributed by atoms with E-state index in [1.807, 2.05) is 4.90 Å². The van der Waals surface area contributed by atoms with E-state index >= 15 is 0 Å². The number of fused-ring (bicyclic) bond motifs is 1. The molecular formula is C17H26N2O3S2. The molecule has 0 unspecified atom stereocenters. The first-order valence-corrected chi connectivity index (χ1v) is 11.5. The van der Waals surface area contributed by atoms with Crippen LogP contribution in [0.2, 0.25) is 0 Å². The number of carbonyl (C=O) groups is 1. The van der Waals surface area contributed by atoms with E-state index in [0.717, 1.165) is 17.7 Å². The van der Waals surface area contributed by atoms with E-state index < -0.39 is 10.0 Å². The molecule has 1 fully saturated rings. The van der Waals surface area contributed by atoms with Crippen molar-refractivity contribution in [3.63, 3.8) is 0 Å². The van der Waals surface area contributed by atoms with Gasteiger partial charge in [-0.2, -0.15) is 0 Å². The van der Waals surface area contributed by atoms with Crippen LogP contribution in [0.25, 0.3) is 0 Å². The van der Waals surface area contributed by atoms with Crippen LogP contribution in [0.5, 0.6) is 0 Å². The number of sulfonamides is 1. The molecule has 2 aliphatic rings. The first-order chi connectivity index (χ1) is 11.4. The number of thiophene rings is 1. The molecule has 2 heterocycles. The van der Waals surface area contributed by atoms with Gasteiger partial charge in [-0.3, -0.25) is 4.79 Å². The molecule has 0 aromatic carbocycles. The van der Waals surface area contributed by atoms with Gasteiger partial charge in [0, 0.05) is 24.0 Å². The van der Waals surface area contributed by atoms with Crippen LogP contribution in [0.15, 0.2) is 6.07 Å². The lowest BCUT2D eigenvalue weighted by molar-refractivity contribution is 0.0716. The lowest BCUT2D eigenvalue weighted by atomic mass is 9.99. The van der Waals surface area contributed by atoms with Gasteiger partial charge in [0.1, 0.15) is 0 Å². The van der Waals surface area contributed by atoms with Gasteiger partial charge in [-0.1, -0.05) is 12.8 Å². The quantitative estimate of drug-likeness (QED) is 0.889. The van der Waals surface area contributed by atoms with Crippen LogP contribution in [-0.2, 0) is 22.9 Å². The minimum absolute atomic E-state index is 0.0485. The van der Waals surface area contributed by atoms with Gasteiger partial charge in [0.05, 0.1) is 11.1 Å². The van der Waals surface area contributed by atoms with E-state index in [-0.39, 0.29) is 11.9 Å². The summed E-state index contributed by atoms with van der Waals surface area (Å²) in [5.41, 5.74) is 1.37. The Morgan fingerprint density at radius 3 is 2.50 bits per heavy atom. The van der Waals surface area contributed by atoms with Crippen LogP contribution in [0.3, 0.4) is 0 Å². The fraction of sp³-hybridized carbons (Fsp3) is 0.706. The maximum Gasteiger partial charge on any atom is 0.263 e. The van der Waals surface area contributed by atoms with E-state index in [1.54, 1.807) is 11.3 Å². The Labute approximate surface area is 148 Å². The smallest absolute Gasteiger partial charge is 0.263 e. The summed E-state index contributed by atoms with van der Waals surface area (Å²) >= 11 is 1.67. The summed E-state index contributed by atoms with van der Waals surface area (Å²) in [5.74, 6) is 0.115. The van der Waals surface area contributed by atoms with Crippen molar-refractivity contribution in [1.82, 2.24) is 9.62 Å². The standard InChI is InChI=1S/C17H26N2O3S2/c1-24(21,22)18-14-8-10-19(11-9-14)17(20)16-12-13-6-4-2-3-5-7-15(13)23-16/h12,14,18H,2-11H2,1H3. The SMILES string of the molecule is CS(=O)(=O)NC1CCN(C(=O)c2cc3c(s2)CCCCCC3)CC1. The van der Waals surface area contributed by atoms with Crippen molar-refractivity contribution in [3.05, 3.63) is 21.4 Å². The van der Waals surface area contributed by atoms with Gasteiger partial charge in [0.2, 0.25) is 10.0 Å². The van der Waals surface area contributed by atoms with Gasteiger partial charge in [-0.05, 0) is 50.2 Å². The lowest BCUT2D eigenvalue weighted by Gasteiger charge is -2.31. The number of likely N-dealkylation sites (tertiary alicyclic amines) is 1. The Kier molecular flexibility index (Phi) is 5.62. The molecule has 1 aromatic rings. The molecule has 1 amide bonds. The molecule has 0 radical (unpaired) electrons. The highest BCUT2D eigenvalue weighted by Crippen LogP contribution is 2.29. The summed E-state index contributed by atoms with van der Waals surface area (Å²) < 4.78 is 25.3. The average Bonchev–Trinajstić information content (AvgIpc) is 2.88. The monoisotopic (exact) mass is 370 g/mol. The molecule has 0 saturated carbocycles. The zero-order valence-corrected chi connectivity index (χ0v) is 15.8. The highest BCUT2D eigenvalue weighted by Gasteiger charge is 2.26. The van der Waals surface area contributed by atoms with Crippen LogP contribution >= 0.6 is 11.3 Å². The number of rotatable bonds is 3. The Balaban J connectivity index is 1.62. The summed E-state index contributed by atoms with van der Waals surface area (Å²) in [4.78, 5) is 16.9. The molecule has 1 saturated heterocycles. The van der Waals surface area contributed by atoms with Crippen molar-refractivity contribution in [3.8, 4) is 0 Å². The van der Waals surface area contributed by atoms with Gasteiger partial charge in [0.25, 0.3) is 5.91 Å². The van der Waals surface area contributed by atoms with E-state index in [9.17, 15) is 13.2 Å². The minimum Gasteiger partial charge on any atom is -0.338 e. The second-order valence-electron chi connectivity index (χ2n) is 6.93. The molecular weight excluding hydrogens is 344 g/mol. The summed E-state index contributed by atoms with van der Waals surface area (Å²) in [6.45, 7) is 1.24. The molecule has 0 atom stereocenters. The number of hydrogen-bond donors (Lipinski definition) is 1. The first-order valence-electron chi connectivity index (χ1n) is 8.80. The number of amides is 1. The summed E-state index contributed by atoms with van der Waals surface area (Å²) in [6.07, 6.45) is 9.79. The maximum absolute atomic E-state index is 12.8. The molecule has 1 aliphatic heterocycles. The van der Waals surface area contributed by atoms with Gasteiger partial charge in [0.15, 0.2) is 0 Å². The Bertz CT molecular complexity index is 663. The predicted molar refractivity (Wildman–Crippen MR) is 97.1 cm³/mol. The molecule has 5 nitrogen and oxygen atoms in total. The van der Waals surface area contributed by atoms with Crippen LogP contribution < -0.4 is 4.72 Å². The fourth-order valence-corrected chi connectivity index (χ4v) is 5.67. The van der Waals surface area contributed by atoms with Crippen molar-refractivity contribution in [2.75, 3.05) is 19.3 Å². The number of hydrogen-bond acceptors (Lipinski definition) is 4. The molecule has 3 rings (SSSR count). The number of carbonyl (C=O) groups excluding carboxylic acids is 1. The maximum atomic E-state index is 12.8. The van der Waals surface area contributed by atoms with E-state index in [0.29, 0.717) is 25.9 Å². The summed E-state index contributed by atoms with van der Waals surface area (Å²) in [6, 6.07) is 2.06. The number of nitrogens with zero attached hydrogens (tertiary/aromatic N) is 1. The largest absolute Gasteiger partial charge is 0.338 e. The third-order valence-corrected chi connectivity index (χ3v) is 6.86. The lowest BCUT2D eigenvalue weighted by Crippen LogP contribution is -2.46. The second-order valence-corrected chi connectivity index (χ2v) is 9.85. The third kappa shape index (κ3) is 4.58. The Morgan fingerprint density at radius 1 is 1.17 bits per heavy atom. The van der Waals surface area contributed by atoms with E-state index in [4.69, 9.17) is 0 Å². The van der Waals surface area contributed by atoms with Crippen molar-refractivity contribution in [2.45, 2.75) is 57.4 Å². The molecule has 0 spiro atoms. The predicted octanol–water partition coefficient (Wildman–Crippen LogP) is 2.56. The zero-order chi connectivity index (χ0) is 17.2. The van der Waals surface area contributed by atoms with Crippen molar-refractivity contribution >= 4 is 27.3 Å². The molecule has 24 heavy (non-hydrogen) atoms. The number of piperidine rings is 1. The van der Waals surface area contributed by atoms with Crippen LogP contribution in [0, 0.1) is 0 Å². The highest BCUT2D eigenvalue weighted by molar-refractivity contribution is 7.88. The summed E-state index contributed by atoms with van der Waals surface area (Å²) in [5, 5.41) is 0. The third-order valence-electron chi connectivity index (χ3n) is 4.87. The molecule has 1 N–H and O–H groups in total. The molecule has 134 valence electrons. The zero-order valence-electron chi connectivity index (χ0n) is 14.2. The summed E-state index contributed by atoms with van der Waals surface area (Å²) in [7, 11) is -3.17. The van der Waals surface area contributed by atoms with Crippen LogP contribution in [0.1, 0.15) is 58.6 Å². The van der Waals surface area contributed by atoms with E-state index in [1.165, 1.54) is 42.4 Å². The van der Waals surface area contributed by atoms with Crippen LogP contribution in [0.4, 0.5) is 0 Å². The normalized spacial score (nSPS) is 20.3. The van der Waals surface area contributed by atoms with Crippen LogP contribution in [-0.4, -0.2) is 44.6 Å². The van der Waals surface area contributed by atoms with Gasteiger partial charge in [-0.25, -0.2) is 13.1 Å². The van der Waals surface area contributed by atoms with Gasteiger partial charge in [-0.15, -0.1) is 11.3 Å². The number of aryl methyl sites for hydroxylation is 2. The fourth-order valence-electron chi connectivity index (χ4n) is 3.61. The average molecular weight is 371 g/mol. The second kappa shape index (κ2) is 7.54. The van der Waals surface area contributed by atoms with Gasteiger partial charge >= 0.3 is 0 Å². The minimum atomic E-state index is -3.17. The number of nitrogens with one attached hydrogen (secondary N) is 1. The van der Waals surface area contributed by atoms with Crippen molar-refractivity contribution in [2.24, 2.45) is 0 Å². The Hall–Kier alpha value is -0.920. The van der Waals surface area contributed by atoms with Gasteiger partial charge < -0.3 is 4.90 Å². The molecule has 0 bridgehead atoms. The molecule has 7 heteroatoms. The van der Waals surface area contributed by atoms with Crippen molar-refractivity contribution < 1.29 is 13.2 Å². The highest BCUT2D eigenvalue weighted by atomic mass is 32.2. The topological polar surface area (TPSA) is 66.5 Å². The van der Waals surface area contributed by atoms with E-state index in [2.05, 4.69) is 10.8 Å². The molecule has 1 aromatic heterocycles. The Morgan fingerprint density at radius 2 is 1.83 bits per heavy atom. The first kappa shape index (κ1) is 17.9. The molecule has 1 aliphatic carbocycles.